The van der Waals surface area contributed by atoms with Crippen LogP contribution >= 0.6 is 0 Å². The molecule has 0 atom stereocenters. The molecule has 1 N–H and O–H groups in total. The highest BCUT2D eigenvalue weighted by molar-refractivity contribution is 5.83. The molecule has 0 radical (unpaired) electrons. The minimum absolute atomic E-state index is 0.00156. The van der Waals surface area contributed by atoms with Crippen molar-refractivity contribution in [3.8, 4) is 0 Å². The molecule has 3 rings (SSSR count). The summed E-state index contributed by atoms with van der Waals surface area (Å²) in [5, 5.41) is 3.48. The lowest BCUT2D eigenvalue weighted by molar-refractivity contribution is -0.148. The van der Waals surface area contributed by atoms with E-state index in [2.05, 4.69) is 17.1 Å². The molecule has 3 nitrogen and oxygen atoms in total. The molecule has 2 heterocycles. The minimum Gasteiger partial charge on any atom is -0.342 e. The molecule has 1 amide bonds. The number of hydrogen-bond acceptors (Lipinski definition) is 2. The van der Waals surface area contributed by atoms with E-state index in [1.807, 2.05) is 0 Å². The van der Waals surface area contributed by atoms with E-state index >= 15 is 0 Å². The van der Waals surface area contributed by atoms with E-state index in [1.54, 1.807) is 0 Å². The Bertz CT molecular complexity index is 306. The lowest BCUT2D eigenvalue weighted by atomic mass is 9.68. The smallest absolute Gasteiger partial charge is 0.228 e. The van der Waals surface area contributed by atoms with E-state index in [1.165, 1.54) is 38.8 Å². The maximum Gasteiger partial charge on any atom is 0.228 e. The van der Waals surface area contributed by atoms with Gasteiger partial charge in [-0.3, -0.25) is 4.79 Å². The molecule has 1 spiro atoms. The van der Waals surface area contributed by atoms with Crippen LogP contribution in [0.5, 0.6) is 0 Å². The normalized spacial score (nSPS) is 30.3. The molecule has 2 saturated heterocycles. The van der Waals surface area contributed by atoms with Crippen molar-refractivity contribution in [3.05, 3.63) is 0 Å². The Morgan fingerprint density at radius 2 is 1.82 bits per heavy atom. The van der Waals surface area contributed by atoms with Crippen LogP contribution in [0.3, 0.4) is 0 Å². The van der Waals surface area contributed by atoms with Crippen LogP contribution in [-0.4, -0.2) is 37.0 Å². The largest absolute Gasteiger partial charge is 0.342 e. The standard InChI is InChI=1S/C14H24N2O/c1-13(3-2-4-13)12(17)16-9-6-14(7-10-16)5-8-15-11-14/h15H,2-11H2,1H3. The number of likely N-dealkylation sites (tertiary alicyclic amines) is 1. The second-order valence-corrected chi connectivity index (χ2v) is 6.63. The third-order valence-electron chi connectivity index (χ3n) is 5.42. The Balaban J connectivity index is 1.59. The molecule has 96 valence electrons. The molecule has 1 saturated carbocycles. The first-order valence-corrected chi connectivity index (χ1v) is 7.14. The summed E-state index contributed by atoms with van der Waals surface area (Å²) in [6.07, 6.45) is 7.18. The lowest BCUT2D eigenvalue weighted by Gasteiger charge is -2.45. The number of nitrogens with zero attached hydrogens (tertiary/aromatic N) is 1. The van der Waals surface area contributed by atoms with Gasteiger partial charge in [0.15, 0.2) is 0 Å². The molecule has 3 heteroatoms. The molecule has 0 aromatic heterocycles. The summed E-state index contributed by atoms with van der Waals surface area (Å²) in [5.74, 6) is 0.435. The monoisotopic (exact) mass is 236 g/mol. The zero-order valence-electron chi connectivity index (χ0n) is 10.9. The minimum atomic E-state index is -0.00156. The van der Waals surface area contributed by atoms with Gasteiger partial charge in [0.05, 0.1) is 0 Å². The van der Waals surface area contributed by atoms with Crippen LogP contribution in [-0.2, 0) is 4.79 Å². The number of rotatable bonds is 1. The van der Waals surface area contributed by atoms with E-state index in [-0.39, 0.29) is 5.41 Å². The van der Waals surface area contributed by atoms with Gasteiger partial charge in [0, 0.05) is 25.0 Å². The van der Waals surface area contributed by atoms with Crippen LogP contribution in [0.15, 0.2) is 0 Å². The van der Waals surface area contributed by atoms with Crippen LogP contribution in [0.25, 0.3) is 0 Å². The second-order valence-electron chi connectivity index (χ2n) is 6.63. The predicted molar refractivity (Wildman–Crippen MR) is 67.7 cm³/mol. The average Bonchev–Trinajstić information content (AvgIpc) is 2.75. The summed E-state index contributed by atoms with van der Waals surface area (Å²) in [6, 6.07) is 0. The van der Waals surface area contributed by atoms with Gasteiger partial charge in [0.1, 0.15) is 0 Å². The summed E-state index contributed by atoms with van der Waals surface area (Å²) < 4.78 is 0. The molecule has 17 heavy (non-hydrogen) atoms. The molecule has 1 aliphatic carbocycles. The van der Waals surface area contributed by atoms with Gasteiger partial charge in [0.25, 0.3) is 0 Å². The third-order valence-corrected chi connectivity index (χ3v) is 5.42. The maximum absolute atomic E-state index is 12.4. The number of piperidine rings is 1. The van der Waals surface area contributed by atoms with Crippen molar-refractivity contribution >= 4 is 5.91 Å². The molecular formula is C14H24N2O. The summed E-state index contributed by atoms with van der Waals surface area (Å²) in [6.45, 7) is 6.49. The highest BCUT2D eigenvalue weighted by Crippen LogP contribution is 2.44. The zero-order chi connectivity index (χ0) is 11.9. The maximum atomic E-state index is 12.4. The van der Waals surface area contributed by atoms with Gasteiger partial charge in [0.2, 0.25) is 5.91 Å². The van der Waals surface area contributed by atoms with Crippen molar-refractivity contribution in [2.75, 3.05) is 26.2 Å². The summed E-state index contributed by atoms with van der Waals surface area (Å²) in [7, 11) is 0. The van der Waals surface area contributed by atoms with Gasteiger partial charge in [-0.05, 0) is 44.1 Å². The summed E-state index contributed by atoms with van der Waals surface area (Å²) in [5.41, 5.74) is 0.524. The summed E-state index contributed by atoms with van der Waals surface area (Å²) in [4.78, 5) is 14.6. The lowest BCUT2D eigenvalue weighted by Crippen LogP contribution is -2.51. The van der Waals surface area contributed by atoms with Gasteiger partial charge in [-0.25, -0.2) is 0 Å². The Morgan fingerprint density at radius 3 is 2.29 bits per heavy atom. The highest BCUT2D eigenvalue weighted by atomic mass is 16.2. The zero-order valence-corrected chi connectivity index (χ0v) is 10.9. The van der Waals surface area contributed by atoms with Gasteiger partial charge in [-0.15, -0.1) is 0 Å². The van der Waals surface area contributed by atoms with Gasteiger partial charge >= 0.3 is 0 Å². The second kappa shape index (κ2) is 3.98. The topological polar surface area (TPSA) is 32.3 Å². The molecular weight excluding hydrogens is 212 g/mol. The summed E-state index contributed by atoms with van der Waals surface area (Å²) >= 11 is 0. The SMILES string of the molecule is CC1(C(=O)N2CCC3(CCNC3)CC2)CCC1. The number of nitrogens with one attached hydrogen (secondary N) is 1. The van der Waals surface area contributed by atoms with Crippen molar-refractivity contribution in [1.29, 1.82) is 0 Å². The molecule has 0 bridgehead atoms. The molecule has 3 fully saturated rings. The van der Waals surface area contributed by atoms with E-state index in [9.17, 15) is 4.79 Å². The first-order chi connectivity index (χ1) is 8.14. The highest BCUT2D eigenvalue weighted by Gasteiger charge is 2.44. The van der Waals surface area contributed by atoms with Gasteiger partial charge in [-0.1, -0.05) is 13.3 Å². The molecule has 0 aromatic carbocycles. The van der Waals surface area contributed by atoms with Crippen LogP contribution in [0.2, 0.25) is 0 Å². The van der Waals surface area contributed by atoms with E-state index in [0.29, 0.717) is 11.3 Å². The van der Waals surface area contributed by atoms with Crippen molar-refractivity contribution in [2.45, 2.75) is 45.4 Å². The molecule has 3 aliphatic rings. The van der Waals surface area contributed by atoms with Crippen LogP contribution in [0.1, 0.15) is 45.4 Å². The quantitative estimate of drug-likeness (QED) is 0.752. The van der Waals surface area contributed by atoms with E-state index in [0.717, 1.165) is 25.9 Å². The number of amides is 1. The van der Waals surface area contributed by atoms with E-state index in [4.69, 9.17) is 0 Å². The van der Waals surface area contributed by atoms with Crippen LogP contribution < -0.4 is 5.32 Å². The van der Waals surface area contributed by atoms with Crippen molar-refractivity contribution < 1.29 is 4.79 Å². The third kappa shape index (κ3) is 1.88. The first-order valence-electron chi connectivity index (χ1n) is 7.14. The molecule has 0 aromatic rings. The van der Waals surface area contributed by atoms with Crippen molar-refractivity contribution in [2.24, 2.45) is 10.8 Å². The van der Waals surface area contributed by atoms with Crippen LogP contribution in [0.4, 0.5) is 0 Å². The van der Waals surface area contributed by atoms with E-state index < -0.39 is 0 Å². The van der Waals surface area contributed by atoms with Gasteiger partial charge < -0.3 is 10.2 Å². The van der Waals surface area contributed by atoms with Crippen molar-refractivity contribution in [1.82, 2.24) is 10.2 Å². The Morgan fingerprint density at radius 1 is 1.12 bits per heavy atom. The van der Waals surface area contributed by atoms with Gasteiger partial charge in [-0.2, -0.15) is 0 Å². The Hall–Kier alpha value is -0.570. The molecule has 0 unspecified atom stereocenters. The fourth-order valence-corrected chi connectivity index (χ4v) is 3.71. The number of carbonyl (C=O) groups excluding carboxylic acids is 1. The number of carbonyl (C=O) groups is 1. The first kappa shape index (κ1) is 11.5. The fraction of sp³-hybridized carbons (Fsp3) is 0.929. The van der Waals surface area contributed by atoms with Crippen molar-refractivity contribution in [3.63, 3.8) is 0 Å². The average molecular weight is 236 g/mol. The number of hydrogen-bond donors (Lipinski definition) is 1. The van der Waals surface area contributed by atoms with Crippen LogP contribution in [0, 0.1) is 10.8 Å². The molecule has 2 aliphatic heterocycles. The Labute approximate surface area is 104 Å². The Kier molecular flexibility index (Phi) is 2.69. The fourth-order valence-electron chi connectivity index (χ4n) is 3.71. The predicted octanol–water partition coefficient (Wildman–Crippen LogP) is 1.78.